The molecule has 0 radical (unpaired) electrons. The first-order chi connectivity index (χ1) is 9.31. The van der Waals surface area contributed by atoms with E-state index in [-0.39, 0.29) is 15.5 Å². The van der Waals surface area contributed by atoms with Crippen molar-refractivity contribution in [2.75, 3.05) is 0 Å². The number of nitrogens with one attached hydrogen (secondary N) is 1. The van der Waals surface area contributed by atoms with Crippen molar-refractivity contribution < 1.29 is 17.9 Å². The summed E-state index contributed by atoms with van der Waals surface area (Å²) in [6.45, 7) is 1.47. The summed E-state index contributed by atoms with van der Waals surface area (Å²) >= 11 is 5.82. The number of benzene rings is 1. The average molecular weight is 322 g/mol. The Morgan fingerprint density at radius 2 is 2.00 bits per heavy atom. The second kappa shape index (κ2) is 5.97. The summed E-state index contributed by atoms with van der Waals surface area (Å²) in [6, 6.07) is 1.67. The van der Waals surface area contributed by atoms with Gasteiger partial charge in [0, 0.05) is 6.04 Å². The fraction of sp³-hybridized carbons (Fsp3) is 0.538. The van der Waals surface area contributed by atoms with Crippen LogP contribution in [0.5, 0.6) is 0 Å². The molecule has 1 aliphatic carbocycles. The highest BCUT2D eigenvalue weighted by Gasteiger charge is 2.29. The SMILES string of the molecule is Cc1cc(S(=O)(=O)NC2CCCCC2O)c(Cl)cc1F. The number of sulfonamides is 1. The van der Waals surface area contributed by atoms with E-state index in [9.17, 15) is 17.9 Å². The molecule has 1 aliphatic rings. The monoisotopic (exact) mass is 321 g/mol. The number of aliphatic hydroxyl groups excluding tert-OH is 1. The highest BCUT2D eigenvalue weighted by atomic mass is 35.5. The van der Waals surface area contributed by atoms with Crippen molar-refractivity contribution in [1.82, 2.24) is 4.72 Å². The molecule has 2 unspecified atom stereocenters. The Morgan fingerprint density at radius 1 is 1.35 bits per heavy atom. The number of aliphatic hydroxyl groups is 1. The highest BCUT2D eigenvalue weighted by Crippen LogP contribution is 2.26. The molecule has 1 aromatic rings. The largest absolute Gasteiger partial charge is 0.391 e. The fourth-order valence-corrected chi connectivity index (χ4v) is 4.25. The maximum Gasteiger partial charge on any atom is 0.242 e. The summed E-state index contributed by atoms with van der Waals surface area (Å²) in [5.41, 5.74) is 0.207. The molecule has 0 amide bonds. The van der Waals surface area contributed by atoms with Crippen LogP contribution in [-0.2, 0) is 10.0 Å². The van der Waals surface area contributed by atoms with E-state index in [2.05, 4.69) is 4.72 Å². The van der Waals surface area contributed by atoms with Gasteiger partial charge < -0.3 is 5.11 Å². The van der Waals surface area contributed by atoms with Gasteiger partial charge in [-0.05, 0) is 37.5 Å². The van der Waals surface area contributed by atoms with Crippen molar-refractivity contribution in [3.8, 4) is 0 Å². The van der Waals surface area contributed by atoms with Crippen LogP contribution in [0.1, 0.15) is 31.2 Å². The van der Waals surface area contributed by atoms with Gasteiger partial charge in [-0.3, -0.25) is 0 Å². The average Bonchev–Trinajstić information content (AvgIpc) is 2.36. The zero-order chi connectivity index (χ0) is 14.9. The molecule has 20 heavy (non-hydrogen) atoms. The molecule has 0 bridgehead atoms. The van der Waals surface area contributed by atoms with E-state index in [1.54, 1.807) is 0 Å². The molecule has 2 rings (SSSR count). The predicted molar refractivity (Wildman–Crippen MR) is 74.7 cm³/mol. The van der Waals surface area contributed by atoms with Crippen molar-refractivity contribution in [3.05, 3.63) is 28.5 Å². The normalized spacial score (nSPS) is 23.8. The second-order valence-electron chi connectivity index (χ2n) is 5.11. The minimum Gasteiger partial charge on any atom is -0.391 e. The van der Waals surface area contributed by atoms with Crippen molar-refractivity contribution in [3.63, 3.8) is 0 Å². The summed E-state index contributed by atoms with van der Waals surface area (Å²) in [7, 11) is -3.87. The minimum absolute atomic E-state index is 0.157. The van der Waals surface area contributed by atoms with Crippen LogP contribution in [-0.4, -0.2) is 25.7 Å². The van der Waals surface area contributed by atoms with Gasteiger partial charge in [-0.15, -0.1) is 0 Å². The van der Waals surface area contributed by atoms with E-state index in [1.165, 1.54) is 13.0 Å². The molecule has 7 heteroatoms. The molecule has 1 fully saturated rings. The molecule has 0 aliphatic heterocycles. The standard InChI is InChI=1S/C13H17ClFNO3S/c1-8-6-13(9(14)7-10(8)15)20(18,19)16-11-4-2-3-5-12(11)17/h6-7,11-12,16-17H,2-5H2,1H3. The second-order valence-corrected chi connectivity index (χ2v) is 7.20. The van der Waals surface area contributed by atoms with Gasteiger partial charge in [0.15, 0.2) is 0 Å². The van der Waals surface area contributed by atoms with Crippen LogP contribution in [0.3, 0.4) is 0 Å². The van der Waals surface area contributed by atoms with Gasteiger partial charge in [0.25, 0.3) is 0 Å². The Morgan fingerprint density at radius 3 is 2.65 bits per heavy atom. The van der Waals surface area contributed by atoms with E-state index in [4.69, 9.17) is 11.6 Å². The lowest BCUT2D eigenvalue weighted by Crippen LogP contribution is -2.45. The van der Waals surface area contributed by atoms with Gasteiger partial charge >= 0.3 is 0 Å². The third kappa shape index (κ3) is 3.31. The molecule has 2 atom stereocenters. The summed E-state index contributed by atoms with van der Waals surface area (Å²) in [5.74, 6) is -0.549. The van der Waals surface area contributed by atoms with Crippen LogP contribution in [0.2, 0.25) is 5.02 Å². The quantitative estimate of drug-likeness (QED) is 0.898. The number of hydrogen-bond donors (Lipinski definition) is 2. The lowest BCUT2D eigenvalue weighted by Gasteiger charge is -2.28. The molecule has 4 nitrogen and oxygen atoms in total. The van der Waals surface area contributed by atoms with Gasteiger partial charge in [-0.1, -0.05) is 24.4 Å². The van der Waals surface area contributed by atoms with E-state index in [0.717, 1.165) is 18.9 Å². The predicted octanol–water partition coefficient (Wildman–Crippen LogP) is 2.37. The van der Waals surface area contributed by atoms with Crippen LogP contribution in [0.15, 0.2) is 17.0 Å². The summed E-state index contributed by atoms with van der Waals surface area (Å²) in [5, 5.41) is 9.67. The Bertz CT molecular complexity index is 606. The van der Waals surface area contributed by atoms with Crippen molar-refractivity contribution in [1.29, 1.82) is 0 Å². The first-order valence-corrected chi connectivity index (χ1v) is 8.33. The van der Waals surface area contributed by atoms with E-state index >= 15 is 0 Å². The van der Waals surface area contributed by atoms with Crippen LogP contribution < -0.4 is 4.72 Å². The zero-order valence-corrected chi connectivity index (χ0v) is 12.6. The van der Waals surface area contributed by atoms with E-state index < -0.39 is 28.0 Å². The van der Waals surface area contributed by atoms with Crippen LogP contribution in [0.4, 0.5) is 4.39 Å². The first kappa shape index (κ1) is 15.7. The number of rotatable bonds is 3. The third-order valence-corrected chi connectivity index (χ3v) is 5.49. The van der Waals surface area contributed by atoms with Gasteiger partial charge in [-0.25, -0.2) is 17.5 Å². The fourth-order valence-electron chi connectivity index (χ4n) is 2.35. The lowest BCUT2D eigenvalue weighted by atomic mass is 9.93. The molecule has 1 saturated carbocycles. The Labute approximate surface area is 123 Å². The number of aryl methyl sites for hydroxylation is 1. The molecular formula is C13H17ClFNO3S. The molecule has 0 aromatic heterocycles. The summed E-state index contributed by atoms with van der Waals surface area (Å²) < 4.78 is 40.4. The highest BCUT2D eigenvalue weighted by molar-refractivity contribution is 7.89. The topological polar surface area (TPSA) is 66.4 Å². The Kier molecular flexibility index (Phi) is 4.69. The van der Waals surface area contributed by atoms with Crippen molar-refractivity contribution in [2.24, 2.45) is 0 Å². The Hall–Kier alpha value is -0.690. The Balaban J connectivity index is 2.28. The smallest absolute Gasteiger partial charge is 0.242 e. The molecule has 112 valence electrons. The molecule has 1 aromatic carbocycles. The molecular weight excluding hydrogens is 305 g/mol. The van der Waals surface area contributed by atoms with Crippen LogP contribution in [0, 0.1) is 12.7 Å². The summed E-state index contributed by atoms with van der Waals surface area (Å²) in [6.07, 6.45) is 2.21. The molecule has 0 spiro atoms. The number of hydrogen-bond acceptors (Lipinski definition) is 3. The van der Waals surface area contributed by atoms with Crippen molar-refractivity contribution >= 4 is 21.6 Å². The van der Waals surface area contributed by atoms with Crippen LogP contribution in [0.25, 0.3) is 0 Å². The van der Waals surface area contributed by atoms with Crippen LogP contribution >= 0.6 is 11.6 Å². The third-order valence-electron chi connectivity index (χ3n) is 3.54. The molecule has 0 saturated heterocycles. The van der Waals surface area contributed by atoms with E-state index in [0.29, 0.717) is 12.8 Å². The lowest BCUT2D eigenvalue weighted by molar-refractivity contribution is 0.101. The van der Waals surface area contributed by atoms with E-state index in [1.807, 2.05) is 0 Å². The van der Waals surface area contributed by atoms with Gasteiger partial charge in [0.2, 0.25) is 10.0 Å². The molecule has 0 heterocycles. The molecule has 2 N–H and O–H groups in total. The maximum atomic E-state index is 13.3. The van der Waals surface area contributed by atoms with Crippen molar-refractivity contribution in [2.45, 2.75) is 49.6 Å². The number of halogens is 2. The van der Waals surface area contributed by atoms with Gasteiger partial charge in [0.1, 0.15) is 10.7 Å². The maximum absolute atomic E-state index is 13.3. The summed E-state index contributed by atoms with van der Waals surface area (Å²) in [4.78, 5) is -0.157. The van der Waals surface area contributed by atoms with Gasteiger partial charge in [0.05, 0.1) is 11.1 Å². The zero-order valence-electron chi connectivity index (χ0n) is 11.1. The first-order valence-electron chi connectivity index (χ1n) is 6.47. The van der Waals surface area contributed by atoms with Gasteiger partial charge in [-0.2, -0.15) is 0 Å². The minimum atomic E-state index is -3.87.